The third kappa shape index (κ3) is 10.3. The van der Waals surface area contributed by atoms with Crippen molar-refractivity contribution in [2.75, 3.05) is 26.4 Å². The molecule has 7 rings (SSSR count). The van der Waals surface area contributed by atoms with Gasteiger partial charge in [-0.3, -0.25) is 13.5 Å². The molecule has 5 saturated heterocycles. The molecule has 20 atom stereocenters. The minimum atomic E-state index is -5.02. The minimum Gasteiger partial charge on any atom is -0.394 e. The summed E-state index contributed by atoms with van der Waals surface area (Å²) in [6.07, 6.45) is -33.9. The van der Waals surface area contributed by atoms with Crippen molar-refractivity contribution >= 4 is 26.0 Å². The summed E-state index contributed by atoms with van der Waals surface area (Å²) in [6, 6.07) is 8.54. The van der Waals surface area contributed by atoms with Crippen LogP contribution in [0.4, 0.5) is 0 Å². The first-order valence-corrected chi connectivity index (χ1v) is 22.7. The van der Waals surface area contributed by atoms with Crippen molar-refractivity contribution in [3.8, 4) is 0 Å². The smallest absolute Gasteiger partial charge is 0.297 e. The maximum atomic E-state index is 13.7. The number of rotatable bonds is 16. The lowest BCUT2D eigenvalue weighted by molar-refractivity contribution is -0.369. The van der Waals surface area contributed by atoms with Crippen LogP contribution in [-0.4, -0.2) is 233 Å². The van der Waals surface area contributed by atoms with E-state index in [0.717, 1.165) is 30.3 Å². The molecule has 5 aliphatic rings. The Morgan fingerprint density at radius 1 is 0.508 bits per heavy atom. The quantitative estimate of drug-likeness (QED) is 0.0322. The van der Waals surface area contributed by atoms with E-state index < -0.39 is 185 Å². The largest absolute Gasteiger partial charge is 0.394 e. The maximum absolute atomic E-state index is 13.7. The normalized spacial score (nSPS) is 41.1. The zero-order valence-electron chi connectivity index (χ0n) is 33.4. The first-order chi connectivity index (χ1) is 30.7. The Morgan fingerprint density at radius 2 is 0.985 bits per heavy atom. The van der Waals surface area contributed by atoms with Gasteiger partial charge in [0.15, 0.2) is 37.0 Å². The fourth-order valence-electron chi connectivity index (χ4n) is 7.84. The Labute approximate surface area is 368 Å². The number of ether oxygens (including phenoxy) is 8. The summed E-state index contributed by atoms with van der Waals surface area (Å²) < 4.78 is 111. The average Bonchev–Trinajstić information content (AvgIpc) is 4.10. The summed E-state index contributed by atoms with van der Waals surface area (Å²) in [5.41, 5.74) is -0.510. The molecule has 5 fully saturated rings. The predicted molar refractivity (Wildman–Crippen MR) is 203 cm³/mol. The molecular weight excluding hydrogens is 925 g/mol. The number of ketones is 1. The number of carbonyl (C=O) groups is 1. The van der Waals surface area contributed by atoms with E-state index in [1.807, 2.05) is 0 Å². The zero-order chi connectivity index (χ0) is 47.3. The highest BCUT2D eigenvalue weighted by Crippen LogP contribution is 2.43. The van der Waals surface area contributed by atoms with Gasteiger partial charge in [0.25, 0.3) is 20.2 Å². The maximum Gasteiger partial charge on any atom is 0.297 e. The summed E-state index contributed by atoms with van der Waals surface area (Å²) in [7, 11) is -9.72. The van der Waals surface area contributed by atoms with Crippen LogP contribution in [0.25, 0.3) is 0 Å². The second kappa shape index (κ2) is 20.0. The summed E-state index contributed by atoms with van der Waals surface area (Å²) in [6.45, 7) is -3.48. The third-order valence-corrected chi connectivity index (χ3v) is 13.5. The molecule has 2 aromatic carbocycles. The van der Waals surface area contributed by atoms with E-state index >= 15 is 0 Å². The first-order valence-electron chi connectivity index (χ1n) is 19.8. The van der Waals surface area contributed by atoms with E-state index in [0.29, 0.717) is 0 Å². The molecule has 0 radical (unpaired) electrons. The Hall–Kier alpha value is -2.83. The van der Waals surface area contributed by atoms with Gasteiger partial charge in [-0.2, -0.15) is 16.8 Å². The predicted octanol–water partition coefficient (Wildman–Crippen LogP) is -6.81. The number of fused-ring (bicyclic) bond motifs is 1. The highest BCUT2D eigenvalue weighted by atomic mass is 32.2. The topological polar surface area (TPSA) is 414 Å². The molecule has 0 aliphatic carbocycles. The van der Waals surface area contributed by atoms with Gasteiger partial charge in [-0.05, 0) is 24.3 Å². The van der Waals surface area contributed by atoms with Crippen LogP contribution >= 0.6 is 0 Å². The van der Waals surface area contributed by atoms with Gasteiger partial charge in [-0.1, -0.05) is 24.3 Å². The Bertz CT molecular complexity index is 2190. The van der Waals surface area contributed by atoms with Gasteiger partial charge in [-0.15, -0.1) is 0 Å². The van der Waals surface area contributed by atoms with Crippen molar-refractivity contribution in [3.05, 3.63) is 59.7 Å². The zero-order valence-corrected chi connectivity index (χ0v) is 35.0. The molecule has 364 valence electrons. The van der Waals surface area contributed by atoms with Gasteiger partial charge in [0.1, 0.15) is 91.6 Å². The molecule has 26 nitrogen and oxygen atoms in total. The van der Waals surface area contributed by atoms with E-state index in [9.17, 15) is 82.4 Å². The molecule has 2 aromatic rings. The lowest BCUT2D eigenvalue weighted by Crippen LogP contribution is -2.65. The molecule has 0 amide bonds. The van der Waals surface area contributed by atoms with Crippen LogP contribution < -0.4 is 0 Å². The fraction of sp³-hybridized carbons (Fsp3) is 0.649. The molecule has 0 aromatic heterocycles. The molecule has 0 saturated carbocycles. The summed E-state index contributed by atoms with van der Waals surface area (Å²) in [5, 5.41) is 114. The molecule has 0 unspecified atom stereocenters. The first kappa shape index (κ1) is 50.1. The lowest BCUT2D eigenvalue weighted by Gasteiger charge is -2.47. The van der Waals surface area contributed by atoms with Gasteiger partial charge in [0.05, 0.1) is 36.2 Å². The summed E-state index contributed by atoms with van der Waals surface area (Å²) in [5.74, 6) is -0.858. The number of aliphatic hydroxyl groups is 11. The van der Waals surface area contributed by atoms with Crippen molar-refractivity contribution in [1.29, 1.82) is 0 Å². The highest BCUT2D eigenvalue weighted by molar-refractivity contribution is 7.86. The highest BCUT2D eigenvalue weighted by Gasteiger charge is 2.62. The Kier molecular flexibility index (Phi) is 15.4. The third-order valence-electron chi connectivity index (χ3n) is 11.4. The van der Waals surface area contributed by atoms with Crippen molar-refractivity contribution in [2.24, 2.45) is 0 Å². The molecular formula is C37H48O26S2. The molecule has 28 heteroatoms. The molecule has 12 N–H and O–H groups in total. The van der Waals surface area contributed by atoms with Gasteiger partial charge in [-0.25, -0.2) is 0 Å². The van der Waals surface area contributed by atoms with Crippen molar-refractivity contribution < 1.29 is 124 Å². The van der Waals surface area contributed by atoms with Crippen LogP contribution in [-0.2, 0) is 62.3 Å². The van der Waals surface area contributed by atoms with E-state index in [4.69, 9.17) is 42.1 Å². The molecule has 5 heterocycles. The van der Waals surface area contributed by atoms with Gasteiger partial charge in [0, 0.05) is 11.1 Å². The van der Waals surface area contributed by atoms with Crippen LogP contribution in [0.15, 0.2) is 58.3 Å². The van der Waals surface area contributed by atoms with E-state index in [2.05, 4.69) is 0 Å². The molecule has 65 heavy (non-hydrogen) atoms. The fourth-order valence-corrected chi connectivity index (χ4v) is 9.49. The van der Waals surface area contributed by atoms with Gasteiger partial charge in [0.2, 0.25) is 0 Å². The Balaban J connectivity index is 1.04. The summed E-state index contributed by atoms with van der Waals surface area (Å²) >= 11 is 0. The SMILES string of the molecule is O=C(c1cccc(S(=O)(=O)O)c1)c1cccc(S(=O)(=O)O[C@H]2[C@@H](O[C@H]3[C@@H]4O[C@@H]4[C@@H](O[C@H]4[C@H](O)[C@@H](O)[C@@H](O[C@H]5[C@H](O)[C@@H](O)[C@@H](O)O[C@@H]5CO)O[C@@H]4CO)O[C@@H]3CO)O[C@H](CO)[C@@H](O)[C@@H]2O)c1. The number of benzene rings is 2. The van der Waals surface area contributed by atoms with Crippen LogP contribution in [0.3, 0.4) is 0 Å². The second-order valence-electron chi connectivity index (χ2n) is 15.6. The van der Waals surface area contributed by atoms with Gasteiger partial charge < -0.3 is 94.1 Å². The lowest BCUT2D eigenvalue weighted by atomic mass is 9.96. The molecule has 0 bridgehead atoms. The summed E-state index contributed by atoms with van der Waals surface area (Å²) in [4.78, 5) is 12.0. The van der Waals surface area contributed by atoms with Crippen molar-refractivity contribution in [2.45, 2.75) is 133 Å². The number of aliphatic hydroxyl groups excluding tert-OH is 11. The molecule has 0 spiro atoms. The number of carbonyl (C=O) groups excluding carboxylic acids is 1. The number of hydrogen-bond donors (Lipinski definition) is 12. The average molecular weight is 973 g/mol. The van der Waals surface area contributed by atoms with Crippen LogP contribution in [0, 0.1) is 0 Å². The van der Waals surface area contributed by atoms with E-state index in [-0.39, 0.29) is 11.1 Å². The Morgan fingerprint density at radius 3 is 1.58 bits per heavy atom. The van der Waals surface area contributed by atoms with Crippen molar-refractivity contribution in [1.82, 2.24) is 0 Å². The van der Waals surface area contributed by atoms with Crippen LogP contribution in [0.5, 0.6) is 0 Å². The standard InChI is InChI=1S/C37H48O26S2/c38-9-17-22(43)23(44)31(63-65(53,54)16-6-2-4-14(8-16)21(42)13-3-1-5-15(7-13)64(50,51)52)36(56-17)62-30-20(12-41)58-37(33-32(30)59-33)61-29-19(11-40)57-35(27(48)25(29)46)60-28-18(10-39)55-34(49)26(47)24(28)45/h1-8,17-20,22-41,43-49H,9-12H2,(H,50,51,52)/t17-,18-,19-,20-,22-,23+,24-,25-,26-,27-,28-,29-,30-,31-,32+,33+,34+,35-,36-,37-/m1/s1. The van der Waals surface area contributed by atoms with E-state index in [1.165, 1.54) is 18.2 Å². The van der Waals surface area contributed by atoms with Crippen LogP contribution in [0.1, 0.15) is 15.9 Å². The van der Waals surface area contributed by atoms with Crippen molar-refractivity contribution in [3.63, 3.8) is 0 Å². The van der Waals surface area contributed by atoms with E-state index in [1.54, 1.807) is 0 Å². The molecule has 5 aliphatic heterocycles. The number of epoxide rings is 1. The number of hydrogen-bond acceptors (Lipinski definition) is 25. The van der Waals surface area contributed by atoms with Crippen LogP contribution in [0.2, 0.25) is 0 Å². The second-order valence-corrected chi connectivity index (χ2v) is 18.6. The minimum absolute atomic E-state index is 0.234. The monoisotopic (exact) mass is 972 g/mol. The van der Waals surface area contributed by atoms with Gasteiger partial charge >= 0.3 is 0 Å².